The predicted octanol–water partition coefficient (Wildman–Crippen LogP) is 1.98. The fourth-order valence-electron chi connectivity index (χ4n) is 2.04. The molecule has 0 fully saturated rings. The zero-order valence-corrected chi connectivity index (χ0v) is 12.2. The number of amides is 1. The van der Waals surface area contributed by atoms with Gasteiger partial charge in [0.05, 0.1) is 6.54 Å². The summed E-state index contributed by atoms with van der Waals surface area (Å²) >= 11 is 0. The van der Waals surface area contributed by atoms with Gasteiger partial charge in [0.2, 0.25) is 5.91 Å². The second-order valence-electron chi connectivity index (χ2n) is 4.78. The van der Waals surface area contributed by atoms with Gasteiger partial charge in [-0.2, -0.15) is 0 Å². The van der Waals surface area contributed by atoms with E-state index in [0.717, 1.165) is 12.1 Å². The van der Waals surface area contributed by atoms with Gasteiger partial charge in [-0.05, 0) is 37.6 Å². The van der Waals surface area contributed by atoms with Crippen LogP contribution in [0.1, 0.15) is 25.8 Å². The maximum atomic E-state index is 11.9. The Morgan fingerprint density at radius 3 is 2.30 bits per heavy atom. The number of carboxylic acid groups (broad SMARTS) is 1. The molecule has 0 heterocycles. The van der Waals surface area contributed by atoms with Crippen LogP contribution < -0.4 is 5.32 Å². The normalized spacial score (nSPS) is 12.2. The van der Waals surface area contributed by atoms with Crippen LogP contribution in [-0.2, 0) is 16.0 Å². The minimum absolute atomic E-state index is 0.0559. The Morgan fingerprint density at radius 1 is 1.25 bits per heavy atom. The molecule has 20 heavy (non-hydrogen) atoms. The summed E-state index contributed by atoms with van der Waals surface area (Å²) < 4.78 is 0. The lowest BCUT2D eigenvalue weighted by molar-refractivity contribution is -0.143. The van der Waals surface area contributed by atoms with Crippen LogP contribution in [0.25, 0.3) is 0 Å². The summed E-state index contributed by atoms with van der Waals surface area (Å²) in [6.45, 7) is 3.91. The molecule has 1 rings (SSSR count). The van der Waals surface area contributed by atoms with E-state index in [-0.39, 0.29) is 12.5 Å². The molecule has 1 amide bonds. The van der Waals surface area contributed by atoms with Crippen molar-refractivity contribution < 1.29 is 14.7 Å². The molecule has 0 saturated carbocycles. The maximum absolute atomic E-state index is 11.9. The molecule has 110 valence electrons. The molecule has 5 nitrogen and oxygen atoms in total. The van der Waals surface area contributed by atoms with Crippen LogP contribution in [-0.4, -0.2) is 41.5 Å². The largest absolute Gasteiger partial charge is 0.480 e. The number of anilines is 1. The van der Waals surface area contributed by atoms with E-state index in [0.29, 0.717) is 6.42 Å². The number of rotatable bonds is 7. The molecule has 1 aromatic rings. The quantitative estimate of drug-likeness (QED) is 0.800. The molecule has 0 radical (unpaired) electrons. The average molecular weight is 278 g/mol. The van der Waals surface area contributed by atoms with Gasteiger partial charge in [0.25, 0.3) is 0 Å². The second-order valence-corrected chi connectivity index (χ2v) is 4.78. The number of aryl methyl sites for hydroxylation is 1. The summed E-state index contributed by atoms with van der Waals surface area (Å²) in [5.41, 5.74) is 1.93. The van der Waals surface area contributed by atoms with Crippen molar-refractivity contribution in [2.24, 2.45) is 0 Å². The van der Waals surface area contributed by atoms with Gasteiger partial charge < -0.3 is 10.4 Å². The minimum Gasteiger partial charge on any atom is -0.480 e. The zero-order chi connectivity index (χ0) is 15.1. The lowest BCUT2D eigenvalue weighted by Crippen LogP contribution is -2.42. The number of nitrogens with one attached hydrogen (secondary N) is 1. The molecule has 5 heteroatoms. The predicted molar refractivity (Wildman–Crippen MR) is 78.8 cm³/mol. The maximum Gasteiger partial charge on any atom is 0.320 e. The number of carbonyl (C=O) groups excluding carboxylic acids is 1. The first-order valence-electron chi connectivity index (χ1n) is 6.79. The number of nitrogens with zero attached hydrogens (tertiary/aromatic N) is 1. The SMILES string of the molecule is CCc1ccc(NC(=O)CN(C)C(CC)C(=O)O)cc1. The van der Waals surface area contributed by atoms with Crippen molar-refractivity contribution in [3.8, 4) is 0 Å². The molecule has 0 bridgehead atoms. The van der Waals surface area contributed by atoms with Gasteiger partial charge in [-0.1, -0.05) is 26.0 Å². The molecule has 1 atom stereocenters. The molecule has 0 aliphatic rings. The van der Waals surface area contributed by atoms with E-state index in [9.17, 15) is 9.59 Å². The third kappa shape index (κ3) is 4.66. The number of hydrogen-bond donors (Lipinski definition) is 2. The molecular formula is C15H22N2O3. The number of hydrogen-bond acceptors (Lipinski definition) is 3. The molecule has 0 aliphatic carbocycles. The van der Waals surface area contributed by atoms with Crippen molar-refractivity contribution in [1.82, 2.24) is 4.90 Å². The van der Waals surface area contributed by atoms with Crippen LogP contribution >= 0.6 is 0 Å². The summed E-state index contributed by atoms with van der Waals surface area (Å²) in [4.78, 5) is 24.4. The Bertz CT molecular complexity index is 457. The molecule has 2 N–H and O–H groups in total. The van der Waals surface area contributed by atoms with Gasteiger partial charge in [0, 0.05) is 5.69 Å². The van der Waals surface area contributed by atoms with Gasteiger partial charge in [-0.25, -0.2) is 0 Å². The van der Waals surface area contributed by atoms with Crippen LogP contribution in [0.15, 0.2) is 24.3 Å². The van der Waals surface area contributed by atoms with Gasteiger partial charge in [0.15, 0.2) is 0 Å². The van der Waals surface area contributed by atoms with E-state index >= 15 is 0 Å². The average Bonchev–Trinajstić information content (AvgIpc) is 2.39. The van der Waals surface area contributed by atoms with Crippen molar-refractivity contribution in [2.75, 3.05) is 18.9 Å². The fourth-order valence-corrected chi connectivity index (χ4v) is 2.04. The number of carboxylic acids is 1. The van der Waals surface area contributed by atoms with Gasteiger partial charge >= 0.3 is 5.97 Å². The van der Waals surface area contributed by atoms with Crippen LogP contribution in [0.4, 0.5) is 5.69 Å². The highest BCUT2D eigenvalue weighted by molar-refractivity contribution is 5.92. The highest BCUT2D eigenvalue weighted by Crippen LogP contribution is 2.10. The summed E-state index contributed by atoms with van der Waals surface area (Å²) in [5.74, 6) is -1.12. The van der Waals surface area contributed by atoms with E-state index in [1.54, 1.807) is 14.0 Å². The number of aliphatic carboxylic acids is 1. The Balaban J connectivity index is 2.56. The standard InChI is InChI=1S/C15H22N2O3/c1-4-11-6-8-12(9-7-11)16-14(18)10-17(3)13(5-2)15(19)20/h6-9,13H,4-5,10H2,1-3H3,(H,16,18)(H,19,20). The summed E-state index contributed by atoms with van der Waals surface area (Å²) in [6.07, 6.45) is 1.41. The van der Waals surface area contributed by atoms with E-state index in [1.807, 2.05) is 24.3 Å². The van der Waals surface area contributed by atoms with Crippen molar-refractivity contribution in [3.63, 3.8) is 0 Å². The topological polar surface area (TPSA) is 69.6 Å². The van der Waals surface area contributed by atoms with E-state index < -0.39 is 12.0 Å². The third-order valence-corrected chi connectivity index (χ3v) is 3.24. The number of likely N-dealkylation sites (N-methyl/N-ethyl adjacent to an activating group) is 1. The van der Waals surface area contributed by atoms with Crippen molar-refractivity contribution >= 4 is 17.6 Å². The number of benzene rings is 1. The zero-order valence-electron chi connectivity index (χ0n) is 12.2. The monoisotopic (exact) mass is 278 g/mol. The Kier molecular flexibility index (Phi) is 6.18. The molecule has 0 saturated heterocycles. The van der Waals surface area contributed by atoms with Crippen LogP contribution in [0.2, 0.25) is 0 Å². The third-order valence-electron chi connectivity index (χ3n) is 3.24. The Labute approximate surface area is 119 Å². The van der Waals surface area contributed by atoms with Crippen molar-refractivity contribution in [1.29, 1.82) is 0 Å². The Hall–Kier alpha value is -1.88. The molecule has 1 unspecified atom stereocenters. The van der Waals surface area contributed by atoms with E-state index in [2.05, 4.69) is 12.2 Å². The lowest BCUT2D eigenvalue weighted by atomic mass is 10.1. The van der Waals surface area contributed by atoms with Crippen molar-refractivity contribution in [3.05, 3.63) is 29.8 Å². The fraction of sp³-hybridized carbons (Fsp3) is 0.467. The summed E-state index contributed by atoms with van der Waals surface area (Å²) in [6, 6.07) is 7.00. The van der Waals surface area contributed by atoms with Gasteiger partial charge in [-0.3, -0.25) is 14.5 Å². The summed E-state index contributed by atoms with van der Waals surface area (Å²) in [7, 11) is 1.64. The molecule has 1 aromatic carbocycles. The first-order chi connectivity index (χ1) is 9.47. The number of carbonyl (C=O) groups is 2. The highest BCUT2D eigenvalue weighted by Gasteiger charge is 2.22. The Morgan fingerprint density at radius 2 is 1.85 bits per heavy atom. The van der Waals surface area contributed by atoms with Crippen LogP contribution in [0.5, 0.6) is 0 Å². The first kappa shape index (κ1) is 16.2. The van der Waals surface area contributed by atoms with Gasteiger partial charge in [-0.15, -0.1) is 0 Å². The minimum atomic E-state index is -0.907. The van der Waals surface area contributed by atoms with Crippen LogP contribution in [0.3, 0.4) is 0 Å². The van der Waals surface area contributed by atoms with Crippen molar-refractivity contribution in [2.45, 2.75) is 32.7 Å². The summed E-state index contributed by atoms with van der Waals surface area (Å²) in [5, 5.41) is 11.8. The van der Waals surface area contributed by atoms with E-state index in [4.69, 9.17) is 5.11 Å². The second kappa shape index (κ2) is 7.65. The molecule has 0 aromatic heterocycles. The van der Waals surface area contributed by atoms with E-state index in [1.165, 1.54) is 10.5 Å². The molecule has 0 aliphatic heterocycles. The highest BCUT2D eigenvalue weighted by atomic mass is 16.4. The molecular weight excluding hydrogens is 256 g/mol. The first-order valence-corrected chi connectivity index (χ1v) is 6.79. The van der Waals surface area contributed by atoms with Gasteiger partial charge in [0.1, 0.15) is 6.04 Å². The smallest absolute Gasteiger partial charge is 0.320 e. The van der Waals surface area contributed by atoms with Crippen LogP contribution in [0, 0.1) is 0 Å². The lowest BCUT2D eigenvalue weighted by Gasteiger charge is -2.22. The molecule has 0 spiro atoms.